The number of carbonyl (C=O) groups excluding carboxylic acids is 1. The summed E-state index contributed by atoms with van der Waals surface area (Å²) < 4.78 is 10.9. The van der Waals surface area contributed by atoms with Gasteiger partial charge < -0.3 is 20.9 Å². The number of nitrogens with zero attached hydrogens (tertiary/aromatic N) is 1. The van der Waals surface area contributed by atoms with Gasteiger partial charge in [0.05, 0.1) is 23.9 Å². The molecule has 2 aromatic carbocycles. The molecular formula is C17H15N3O3. The molecule has 3 aromatic rings. The molecule has 0 fully saturated rings. The van der Waals surface area contributed by atoms with Gasteiger partial charge in [-0.1, -0.05) is 18.2 Å². The molecule has 0 aliphatic heterocycles. The van der Waals surface area contributed by atoms with E-state index in [-0.39, 0.29) is 11.4 Å². The number of carbonyl (C=O) groups is 1. The van der Waals surface area contributed by atoms with Crippen molar-refractivity contribution in [2.45, 2.75) is 0 Å². The van der Waals surface area contributed by atoms with E-state index in [9.17, 15) is 4.79 Å². The summed E-state index contributed by atoms with van der Waals surface area (Å²) in [6.45, 7) is 0. The van der Waals surface area contributed by atoms with Crippen LogP contribution in [0.3, 0.4) is 0 Å². The van der Waals surface area contributed by atoms with Gasteiger partial charge in [-0.05, 0) is 24.3 Å². The van der Waals surface area contributed by atoms with Crippen LogP contribution in [0.2, 0.25) is 0 Å². The minimum Gasteiger partial charge on any atom is -0.496 e. The third-order valence-corrected chi connectivity index (χ3v) is 3.35. The summed E-state index contributed by atoms with van der Waals surface area (Å²) in [5.74, 6) is 0.698. The number of hydrogen-bond donors (Lipinski definition) is 2. The standard InChI is InChI=1S/C17H15N3O3/c1-22-15-9-14-10(7-12(15)16(19)21)8-13(18)17(20-14)23-11-5-3-2-4-6-11/h2-9H,18H2,1H3,(H2,19,21). The second-order valence-corrected chi connectivity index (χ2v) is 4.91. The highest BCUT2D eigenvalue weighted by Gasteiger charge is 2.14. The Balaban J connectivity index is 2.10. The molecule has 1 heterocycles. The lowest BCUT2D eigenvalue weighted by molar-refractivity contribution is 0.0997. The summed E-state index contributed by atoms with van der Waals surface area (Å²) in [5, 5.41) is 0.678. The number of ether oxygens (including phenoxy) is 2. The third kappa shape index (κ3) is 2.87. The summed E-state index contributed by atoms with van der Waals surface area (Å²) in [6, 6.07) is 14.1. The van der Waals surface area contributed by atoms with E-state index in [0.29, 0.717) is 28.1 Å². The molecule has 6 heteroatoms. The Labute approximate surface area is 132 Å². The normalized spacial score (nSPS) is 10.5. The van der Waals surface area contributed by atoms with Crippen molar-refractivity contribution in [3.8, 4) is 17.4 Å². The number of methoxy groups -OCH3 is 1. The molecule has 0 spiro atoms. The Morgan fingerprint density at radius 1 is 1.13 bits per heavy atom. The molecule has 1 amide bonds. The van der Waals surface area contributed by atoms with E-state index in [4.69, 9.17) is 20.9 Å². The summed E-state index contributed by atoms with van der Waals surface area (Å²) in [5.41, 5.74) is 12.6. The molecule has 116 valence electrons. The fourth-order valence-corrected chi connectivity index (χ4v) is 2.24. The van der Waals surface area contributed by atoms with Gasteiger partial charge in [0, 0.05) is 11.5 Å². The molecule has 1 aromatic heterocycles. The number of amides is 1. The Bertz CT molecular complexity index is 879. The van der Waals surface area contributed by atoms with Crippen molar-refractivity contribution < 1.29 is 14.3 Å². The molecule has 6 nitrogen and oxygen atoms in total. The van der Waals surface area contributed by atoms with Gasteiger partial charge >= 0.3 is 0 Å². The third-order valence-electron chi connectivity index (χ3n) is 3.35. The topological polar surface area (TPSA) is 100 Å². The number of para-hydroxylation sites is 1. The maximum Gasteiger partial charge on any atom is 0.252 e. The molecule has 23 heavy (non-hydrogen) atoms. The van der Waals surface area contributed by atoms with Crippen molar-refractivity contribution in [2.75, 3.05) is 12.8 Å². The lowest BCUT2D eigenvalue weighted by atomic mass is 10.1. The molecule has 0 bridgehead atoms. The number of nitrogen functional groups attached to an aromatic ring is 1. The van der Waals surface area contributed by atoms with Crippen LogP contribution in [0.1, 0.15) is 10.4 Å². The largest absolute Gasteiger partial charge is 0.496 e. The van der Waals surface area contributed by atoms with Crippen LogP contribution >= 0.6 is 0 Å². The van der Waals surface area contributed by atoms with E-state index < -0.39 is 5.91 Å². The molecule has 0 saturated heterocycles. The Morgan fingerprint density at radius 2 is 1.87 bits per heavy atom. The predicted octanol–water partition coefficient (Wildman–Crippen LogP) is 2.72. The maximum absolute atomic E-state index is 11.5. The number of aromatic nitrogens is 1. The zero-order valence-corrected chi connectivity index (χ0v) is 12.4. The van der Waals surface area contributed by atoms with Gasteiger partial charge in [0.2, 0.25) is 5.88 Å². The molecule has 0 radical (unpaired) electrons. The molecule has 0 aliphatic carbocycles. The molecule has 3 rings (SSSR count). The van der Waals surface area contributed by atoms with Gasteiger partial charge in [0.15, 0.2) is 0 Å². The van der Waals surface area contributed by atoms with Crippen molar-refractivity contribution >= 4 is 22.5 Å². The first kappa shape index (κ1) is 14.6. The van der Waals surface area contributed by atoms with E-state index in [0.717, 1.165) is 0 Å². The summed E-state index contributed by atoms with van der Waals surface area (Å²) in [6.07, 6.45) is 0. The Morgan fingerprint density at radius 3 is 2.52 bits per heavy atom. The second kappa shape index (κ2) is 5.84. The van der Waals surface area contributed by atoms with Crippen molar-refractivity contribution in [3.05, 3.63) is 54.1 Å². The van der Waals surface area contributed by atoms with E-state index in [1.807, 2.05) is 30.3 Å². The average Bonchev–Trinajstić information content (AvgIpc) is 2.55. The van der Waals surface area contributed by atoms with Crippen LogP contribution in [0.25, 0.3) is 10.9 Å². The fraction of sp³-hybridized carbons (Fsp3) is 0.0588. The van der Waals surface area contributed by atoms with E-state index >= 15 is 0 Å². The number of rotatable bonds is 4. The van der Waals surface area contributed by atoms with E-state index in [1.54, 1.807) is 18.2 Å². The summed E-state index contributed by atoms with van der Waals surface area (Å²) in [7, 11) is 1.46. The van der Waals surface area contributed by atoms with Gasteiger partial charge in [0.25, 0.3) is 5.91 Å². The number of primary amides is 1. The van der Waals surface area contributed by atoms with Crippen LogP contribution in [0.5, 0.6) is 17.4 Å². The Kier molecular flexibility index (Phi) is 3.72. The first-order valence-electron chi connectivity index (χ1n) is 6.89. The Hall–Kier alpha value is -3.28. The van der Waals surface area contributed by atoms with Gasteiger partial charge in [-0.15, -0.1) is 0 Å². The number of hydrogen-bond acceptors (Lipinski definition) is 5. The smallest absolute Gasteiger partial charge is 0.252 e. The van der Waals surface area contributed by atoms with Crippen LogP contribution in [-0.2, 0) is 0 Å². The SMILES string of the molecule is COc1cc2nc(Oc3ccccc3)c(N)cc2cc1C(N)=O. The number of nitrogens with two attached hydrogens (primary N) is 2. The van der Waals surface area contributed by atoms with Crippen LogP contribution in [0.4, 0.5) is 5.69 Å². The van der Waals surface area contributed by atoms with E-state index in [1.165, 1.54) is 7.11 Å². The zero-order chi connectivity index (χ0) is 16.4. The highest BCUT2D eigenvalue weighted by molar-refractivity contribution is 6.00. The molecule has 0 saturated carbocycles. The van der Waals surface area contributed by atoms with Crippen molar-refractivity contribution in [3.63, 3.8) is 0 Å². The summed E-state index contributed by atoms with van der Waals surface area (Å²) >= 11 is 0. The fourth-order valence-electron chi connectivity index (χ4n) is 2.24. The number of anilines is 1. The van der Waals surface area contributed by atoms with Gasteiger partial charge in [-0.2, -0.15) is 0 Å². The van der Waals surface area contributed by atoms with Crippen molar-refractivity contribution in [1.82, 2.24) is 4.98 Å². The van der Waals surface area contributed by atoms with Gasteiger partial charge in [-0.3, -0.25) is 4.79 Å². The zero-order valence-electron chi connectivity index (χ0n) is 12.4. The minimum atomic E-state index is -0.577. The van der Waals surface area contributed by atoms with Crippen LogP contribution < -0.4 is 20.9 Å². The lowest BCUT2D eigenvalue weighted by Crippen LogP contribution is -2.12. The summed E-state index contributed by atoms with van der Waals surface area (Å²) in [4.78, 5) is 15.9. The highest BCUT2D eigenvalue weighted by Crippen LogP contribution is 2.31. The van der Waals surface area contributed by atoms with Crippen LogP contribution in [-0.4, -0.2) is 18.0 Å². The highest BCUT2D eigenvalue weighted by atomic mass is 16.5. The lowest BCUT2D eigenvalue weighted by Gasteiger charge is -2.11. The number of benzene rings is 2. The first-order valence-corrected chi connectivity index (χ1v) is 6.89. The van der Waals surface area contributed by atoms with Crippen LogP contribution in [0.15, 0.2) is 48.5 Å². The average molecular weight is 309 g/mol. The van der Waals surface area contributed by atoms with E-state index in [2.05, 4.69) is 4.98 Å². The first-order chi connectivity index (χ1) is 11.1. The molecule has 4 N–H and O–H groups in total. The quantitative estimate of drug-likeness (QED) is 0.771. The minimum absolute atomic E-state index is 0.276. The number of pyridine rings is 1. The van der Waals surface area contributed by atoms with Crippen molar-refractivity contribution in [2.24, 2.45) is 5.73 Å². The monoisotopic (exact) mass is 309 g/mol. The second-order valence-electron chi connectivity index (χ2n) is 4.91. The molecule has 0 aliphatic rings. The number of fused-ring (bicyclic) bond motifs is 1. The van der Waals surface area contributed by atoms with Crippen LogP contribution in [0, 0.1) is 0 Å². The molecule has 0 atom stereocenters. The maximum atomic E-state index is 11.5. The molecule has 0 unspecified atom stereocenters. The molecular weight excluding hydrogens is 294 g/mol. The van der Waals surface area contributed by atoms with Gasteiger partial charge in [-0.25, -0.2) is 4.98 Å². The van der Waals surface area contributed by atoms with Gasteiger partial charge in [0.1, 0.15) is 11.5 Å². The van der Waals surface area contributed by atoms with Crippen molar-refractivity contribution in [1.29, 1.82) is 0 Å². The predicted molar refractivity (Wildman–Crippen MR) is 87.7 cm³/mol.